The highest BCUT2D eigenvalue weighted by Gasteiger charge is 2.34. The number of esters is 1. The van der Waals surface area contributed by atoms with E-state index in [0.717, 1.165) is 32.7 Å². The molecule has 0 amide bonds. The summed E-state index contributed by atoms with van der Waals surface area (Å²) in [6.07, 6.45) is 4.41. The third kappa shape index (κ3) is 4.89. The predicted molar refractivity (Wildman–Crippen MR) is 117 cm³/mol. The van der Waals surface area contributed by atoms with Gasteiger partial charge in [-0.25, -0.2) is 4.79 Å². The van der Waals surface area contributed by atoms with Gasteiger partial charge in [-0.05, 0) is 38.0 Å². The molecule has 0 saturated carbocycles. The highest BCUT2D eigenvalue weighted by molar-refractivity contribution is 6.03. The standard InChI is InChI=1S/C24H31N3O3/c1-17-21(24(29)30-4)18(2)25-22(17)23(28)19(3)27-15-13-26(14-16-27)12-8-11-20-9-6-5-7-10-20/h5-11,19,25H,12-16H2,1-4H3/p+2/b11-8+/t19-/m1/s1. The third-order valence-electron chi connectivity index (χ3n) is 6.19. The molecule has 1 atom stereocenters. The summed E-state index contributed by atoms with van der Waals surface area (Å²) in [5, 5.41) is 0. The summed E-state index contributed by atoms with van der Waals surface area (Å²) in [4.78, 5) is 31.1. The van der Waals surface area contributed by atoms with Crippen LogP contribution >= 0.6 is 0 Å². The van der Waals surface area contributed by atoms with Crippen molar-refractivity contribution < 1.29 is 24.1 Å². The maximum Gasteiger partial charge on any atom is 0.339 e. The smallest absolute Gasteiger partial charge is 0.339 e. The molecule has 1 aliphatic heterocycles. The number of hydrogen-bond donors (Lipinski definition) is 3. The van der Waals surface area contributed by atoms with E-state index in [0.29, 0.717) is 22.5 Å². The number of carbonyl (C=O) groups is 2. The second-order valence-corrected chi connectivity index (χ2v) is 8.13. The van der Waals surface area contributed by atoms with Crippen LogP contribution in [0.1, 0.15) is 44.6 Å². The van der Waals surface area contributed by atoms with Gasteiger partial charge in [0.2, 0.25) is 5.78 Å². The quantitative estimate of drug-likeness (QED) is 0.459. The van der Waals surface area contributed by atoms with Gasteiger partial charge in [-0.15, -0.1) is 0 Å². The molecule has 1 aromatic carbocycles. The Balaban J connectivity index is 1.56. The van der Waals surface area contributed by atoms with Crippen molar-refractivity contribution in [3.63, 3.8) is 0 Å². The third-order valence-corrected chi connectivity index (χ3v) is 6.19. The minimum Gasteiger partial charge on any atom is -0.465 e. The van der Waals surface area contributed by atoms with Crippen molar-refractivity contribution in [2.45, 2.75) is 26.8 Å². The van der Waals surface area contributed by atoms with Crippen LogP contribution in [0.2, 0.25) is 0 Å². The largest absolute Gasteiger partial charge is 0.465 e. The number of benzene rings is 1. The normalized spacial score (nSPS) is 20.3. The monoisotopic (exact) mass is 411 g/mol. The summed E-state index contributed by atoms with van der Waals surface area (Å²) < 4.78 is 4.86. The second-order valence-electron chi connectivity index (χ2n) is 8.13. The fourth-order valence-corrected chi connectivity index (χ4v) is 4.29. The average molecular weight is 412 g/mol. The topological polar surface area (TPSA) is 68.0 Å². The van der Waals surface area contributed by atoms with E-state index in [1.807, 2.05) is 19.9 Å². The maximum atomic E-state index is 13.1. The van der Waals surface area contributed by atoms with E-state index < -0.39 is 5.97 Å². The molecule has 2 heterocycles. The van der Waals surface area contributed by atoms with Gasteiger partial charge in [0.25, 0.3) is 0 Å². The van der Waals surface area contributed by atoms with Crippen molar-refractivity contribution in [1.29, 1.82) is 0 Å². The first-order valence-corrected chi connectivity index (χ1v) is 10.6. The summed E-state index contributed by atoms with van der Waals surface area (Å²) in [6, 6.07) is 10.2. The van der Waals surface area contributed by atoms with E-state index in [1.54, 1.807) is 11.8 Å². The molecule has 6 heteroatoms. The number of aromatic amines is 1. The molecule has 3 rings (SSSR count). The number of quaternary nitrogens is 2. The molecular formula is C24H33N3O3+2. The van der Waals surface area contributed by atoms with Gasteiger partial charge < -0.3 is 19.5 Å². The number of aryl methyl sites for hydroxylation is 1. The lowest BCUT2D eigenvalue weighted by molar-refractivity contribution is -1.02. The van der Waals surface area contributed by atoms with Gasteiger partial charge in [0.1, 0.15) is 26.2 Å². The van der Waals surface area contributed by atoms with Gasteiger partial charge >= 0.3 is 5.97 Å². The van der Waals surface area contributed by atoms with Gasteiger partial charge in [0.15, 0.2) is 6.04 Å². The molecule has 1 saturated heterocycles. The molecule has 1 aliphatic rings. The molecule has 0 bridgehead atoms. The molecule has 3 N–H and O–H groups in total. The van der Waals surface area contributed by atoms with E-state index in [-0.39, 0.29) is 11.8 Å². The highest BCUT2D eigenvalue weighted by Crippen LogP contribution is 2.19. The minimum atomic E-state index is -0.402. The van der Waals surface area contributed by atoms with Gasteiger partial charge in [0, 0.05) is 5.69 Å². The van der Waals surface area contributed by atoms with Crippen LogP contribution in [0.4, 0.5) is 0 Å². The number of piperazine rings is 1. The number of hydrogen-bond acceptors (Lipinski definition) is 3. The molecule has 0 unspecified atom stereocenters. The lowest BCUT2D eigenvalue weighted by Crippen LogP contribution is -3.29. The summed E-state index contributed by atoms with van der Waals surface area (Å²) in [5.74, 6) is -0.339. The van der Waals surface area contributed by atoms with Crippen molar-refractivity contribution in [2.75, 3.05) is 39.8 Å². The van der Waals surface area contributed by atoms with Gasteiger partial charge in [0.05, 0.1) is 24.9 Å². The van der Waals surface area contributed by atoms with Crippen LogP contribution in [-0.4, -0.2) is 62.6 Å². The molecule has 0 spiro atoms. The van der Waals surface area contributed by atoms with Crippen molar-refractivity contribution in [3.8, 4) is 0 Å². The Bertz CT molecular complexity index is 909. The lowest BCUT2D eigenvalue weighted by atomic mass is 10.0. The van der Waals surface area contributed by atoms with E-state index in [4.69, 9.17) is 4.74 Å². The molecule has 6 nitrogen and oxygen atoms in total. The van der Waals surface area contributed by atoms with Gasteiger partial charge in [-0.2, -0.15) is 0 Å². The van der Waals surface area contributed by atoms with Crippen LogP contribution < -0.4 is 9.80 Å². The number of ether oxygens (including phenoxy) is 1. The Hall–Kier alpha value is -2.70. The number of ketones is 1. The lowest BCUT2D eigenvalue weighted by Gasteiger charge is -2.32. The zero-order valence-electron chi connectivity index (χ0n) is 18.4. The van der Waals surface area contributed by atoms with Crippen LogP contribution in [0, 0.1) is 13.8 Å². The first-order chi connectivity index (χ1) is 14.4. The minimum absolute atomic E-state index is 0.0631. The highest BCUT2D eigenvalue weighted by atomic mass is 16.5. The maximum absolute atomic E-state index is 13.1. The Morgan fingerprint density at radius 3 is 2.43 bits per heavy atom. The first kappa shape index (κ1) is 22.0. The van der Waals surface area contributed by atoms with Crippen LogP contribution in [0.3, 0.4) is 0 Å². The molecule has 0 radical (unpaired) electrons. The zero-order valence-corrected chi connectivity index (χ0v) is 18.4. The molecule has 30 heavy (non-hydrogen) atoms. The zero-order chi connectivity index (χ0) is 21.7. The van der Waals surface area contributed by atoms with Gasteiger partial charge in [-0.1, -0.05) is 36.4 Å². The second kappa shape index (κ2) is 9.87. The van der Waals surface area contributed by atoms with E-state index >= 15 is 0 Å². The average Bonchev–Trinajstić information content (AvgIpc) is 3.07. The number of carbonyl (C=O) groups excluding carboxylic acids is 2. The molecule has 1 fully saturated rings. The molecular weight excluding hydrogens is 378 g/mol. The molecule has 160 valence electrons. The van der Waals surface area contributed by atoms with E-state index in [9.17, 15) is 9.59 Å². The number of H-pyrrole nitrogens is 1. The number of Topliss-reactive ketones (excluding diaryl/α,β-unsaturated/α-hetero) is 1. The predicted octanol–water partition coefficient (Wildman–Crippen LogP) is 0.486. The Labute approximate surface area is 178 Å². The molecule has 1 aromatic heterocycles. The Morgan fingerprint density at radius 2 is 1.80 bits per heavy atom. The van der Waals surface area contributed by atoms with E-state index in [2.05, 4.69) is 41.4 Å². The fraction of sp³-hybridized carbons (Fsp3) is 0.417. The van der Waals surface area contributed by atoms with Crippen LogP contribution in [0.15, 0.2) is 36.4 Å². The first-order valence-electron chi connectivity index (χ1n) is 10.6. The van der Waals surface area contributed by atoms with Crippen LogP contribution in [-0.2, 0) is 4.74 Å². The van der Waals surface area contributed by atoms with Crippen LogP contribution in [0.5, 0.6) is 0 Å². The summed E-state index contributed by atoms with van der Waals surface area (Å²) in [6.45, 7) is 10.6. The Morgan fingerprint density at radius 1 is 1.13 bits per heavy atom. The molecule has 2 aromatic rings. The Kier molecular flexibility index (Phi) is 7.24. The number of methoxy groups -OCH3 is 1. The summed E-state index contributed by atoms with van der Waals surface area (Å²) >= 11 is 0. The molecule has 0 aliphatic carbocycles. The van der Waals surface area contributed by atoms with Crippen molar-refractivity contribution in [3.05, 3.63) is 64.5 Å². The number of aromatic nitrogens is 1. The van der Waals surface area contributed by atoms with Crippen molar-refractivity contribution >= 4 is 17.8 Å². The SMILES string of the molecule is COC(=O)c1c(C)[nH]c(C(=O)[C@@H](C)[NH+]2CC[NH+](C/C=C/c3ccccc3)CC2)c1C. The van der Waals surface area contributed by atoms with Crippen molar-refractivity contribution in [2.24, 2.45) is 0 Å². The van der Waals surface area contributed by atoms with Crippen molar-refractivity contribution in [1.82, 2.24) is 4.98 Å². The summed E-state index contributed by atoms with van der Waals surface area (Å²) in [7, 11) is 1.36. The number of nitrogens with one attached hydrogen (secondary N) is 3. The van der Waals surface area contributed by atoms with Gasteiger partial charge in [-0.3, -0.25) is 4.79 Å². The fourth-order valence-electron chi connectivity index (χ4n) is 4.29. The number of rotatable bonds is 7. The van der Waals surface area contributed by atoms with E-state index in [1.165, 1.54) is 17.6 Å². The summed E-state index contributed by atoms with van der Waals surface area (Å²) in [5.41, 5.74) is 3.61. The van der Waals surface area contributed by atoms with Crippen LogP contribution in [0.25, 0.3) is 6.08 Å².